The molecule has 0 saturated carbocycles. The number of carbonyl (C=O) groups is 1. The number of likely N-dealkylation sites (tertiary alicyclic amines) is 2. The summed E-state index contributed by atoms with van der Waals surface area (Å²) >= 11 is 0. The first-order valence-corrected chi connectivity index (χ1v) is 7.23. The van der Waals surface area contributed by atoms with Gasteiger partial charge in [0.15, 0.2) is 0 Å². The number of nitrogen functional groups attached to an aromatic ring is 1. The Labute approximate surface area is 118 Å². The minimum atomic E-state index is -0.492. The second-order valence-electron chi connectivity index (χ2n) is 5.68. The van der Waals surface area contributed by atoms with Gasteiger partial charge < -0.3 is 10.6 Å². The third kappa shape index (κ3) is 2.50. The maximum absolute atomic E-state index is 13.8. The van der Waals surface area contributed by atoms with E-state index in [-0.39, 0.29) is 11.5 Å². The van der Waals surface area contributed by atoms with E-state index in [4.69, 9.17) is 5.73 Å². The van der Waals surface area contributed by atoms with Crippen molar-refractivity contribution < 1.29 is 9.18 Å². The van der Waals surface area contributed by atoms with Gasteiger partial charge in [-0.1, -0.05) is 0 Å². The summed E-state index contributed by atoms with van der Waals surface area (Å²) in [5.41, 5.74) is 6.16. The van der Waals surface area contributed by atoms with Crippen molar-refractivity contribution in [2.75, 3.05) is 31.9 Å². The number of nitrogens with zero attached hydrogens (tertiary/aromatic N) is 2. The van der Waals surface area contributed by atoms with Crippen LogP contribution in [0.25, 0.3) is 0 Å². The van der Waals surface area contributed by atoms with Crippen LogP contribution in [-0.4, -0.2) is 47.9 Å². The van der Waals surface area contributed by atoms with Gasteiger partial charge in [-0.2, -0.15) is 0 Å². The summed E-state index contributed by atoms with van der Waals surface area (Å²) < 4.78 is 13.8. The van der Waals surface area contributed by atoms with Crippen LogP contribution in [0.4, 0.5) is 10.1 Å². The minimum absolute atomic E-state index is 0.0899. The summed E-state index contributed by atoms with van der Waals surface area (Å²) in [4.78, 5) is 16.6. The smallest absolute Gasteiger partial charge is 0.256 e. The molecule has 0 spiro atoms. The molecule has 1 atom stereocenters. The molecule has 2 fully saturated rings. The van der Waals surface area contributed by atoms with Crippen molar-refractivity contribution in [3.8, 4) is 0 Å². The average molecular weight is 277 g/mol. The van der Waals surface area contributed by atoms with E-state index in [1.54, 1.807) is 4.90 Å². The lowest BCUT2D eigenvalue weighted by molar-refractivity contribution is 0.0775. The van der Waals surface area contributed by atoms with Gasteiger partial charge in [0.2, 0.25) is 0 Å². The first-order valence-electron chi connectivity index (χ1n) is 7.23. The second-order valence-corrected chi connectivity index (χ2v) is 5.68. The van der Waals surface area contributed by atoms with Gasteiger partial charge in [0.25, 0.3) is 5.91 Å². The van der Waals surface area contributed by atoms with Gasteiger partial charge in [-0.25, -0.2) is 4.39 Å². The number of carbonyl (C=O) groups excluding carboxylic acids is 1. The van der Waals surface area contributed by atoms with E-state index in [2.05, 4.69) is 4.90 Å². The van der Waals surface area contributed by atoms with Crippen LogP contribution >= 0.6 is 0 Å². The van der Waals surface area contributed by atoms with Crippen molar-refractivity contribution in [2.24, 2.45) is 0 Å². The number of benzene rings is 1. The predicted molar refractivity (Wildman–Crippen MR) is 75.9 cm³/mol. The molecular weight excluding hydrogens is 257 g/mol. The molecule has 0 aromatic heterocycles. The van der Waals surface area contributed by atoms with Gasteiger partial charge in [-0.15, -0.1) is 0 Å². The van der Waals surface area contributed by atoms with Gasteiger partial charge in [-0.05, 0) is 50.6 Å². The normalized spacial score (nSPS) is 23.4. The molecule has 0 aliphatic carbocycles. The summed E-state index contributed by atoms with van der Waals surface area (Å²) in [7, 11) is 0. The summed E-state index contributed by atoms with van der Waals surface area (Å²) in [5, 5.41) is 0. The van der Waals surface area contributed by atoms with Crippen molar-refractivity contribution in [2.45, 2.75) is 25.3 Å². The monoisotopic (exact) mass is 277 g/mol. The molecule has 1 unspecified atom stereocenters. The zero-order valence-electron chi connectivity index (χ0n) is 11.5. The lowest BCUT2D eigenvalue weighted by atomic mass is 10.1. The topological polar surface area (TPSA) is 49.6 Å². The largest absolute Gasteiger partial charge is 0.399 e. The summed E-state index contributed by atoms with van der Waals surface area (Å²) in [6.07, 6.45) is 3.47. The fraction of sp³-hybridized carbons (Fsp3) is 0.533. The Morgan fingerprint density at radius 1 is 1.25 bits per heavy atom. The van der Waals surface area contributed by atoms with E-state index in [1.807, 2.05) is 0 Å². The first-order chi connectivity index (χ1) is 9.65. The standard InChI is InChI=1S/C15H20FN3O/c16-14-4-3-11(17)9-13(14)15(20)19-8-5-12(10-19)18-6-1-2-7-18/h3-4,9,12H,1-2,5-8,10,17H2. The molecule has 20 heavy (non-hydrogen) atoms. The Bertz CT molecular complexity index is 514. The predicted octanol–water partition coefficient (Wildman–Crippen LogP) is 1.72. The maximum Gasteiger partial charge on any atom is 0.256 e. The van der Waals surface area contributed by atoms with Crippen LogP contribution in [0.2, 0.25) is 0 Å². The lowest BCUT2D eigenvalue weighted by Gasteiger charge is -2.23. The molecule has 1 aromatic rings. The Morgan fingerprint density at radius 2 is 2.00 bits per heavy atom. The highest BCUT2D eigenvalue weighted by Gasteiger charge is 2.32. The van der Waals surface area contributed by atoms with Gasteiger partial charge in [0.1, 0.15) is 5.82 Å². The third-order valence-corrected chi connectivity index (χ3v) is 4.33. The molecule has 0 radical (unpaired) electrons. The van der Waals surface area contributed by atoms with Crippen molar-refractivity contribution >= 4 is 11.6 Å². The molecule has 0 bridgehead atoms. The quantitative estimate of drug-likeness (QED) is 0.837. The van der Waals surface area contributed by atoms with Gasteiger partial charge in [0.05, 0.1) is 5.56 Å². The van der Waals surface area contributed by atoms with Crippen LogP contribution in [-0.2, 0) is 0 Å². The molecule has 1 amide bonds. The van der Waals surface area contributed by atoms with Crippen LogP contribution in [0.5, 0.6) is 0 Å². The van der Waals surface area contributed by atoms with Crippen molar-refractivity contribution in [1.29, 1.82) is 0 Å². The number of halogens is 1. The van der Waals surface area contributed by atoms with E-state index in [9.17, 15) is 9.18 Å². The average Bonchev–Trinajstić information content (AvgIpc) is 3.10. The van der Waals surface area contributed by atoms with E-state index >= 15 is 0 Å². The molecule has 4 nitrogen and oxygen atoms in total. The molecule has 2 N–H and O–H groups in total. The van der Waals surface area contributed by atoms with Crippen LogP contribution in [0.15, 0.2) is 18.2 Å². The number of hydrogen-bond donors (Lipinski definition) is 1. The van der Waals surface area contributed by atoms with E-state index < -0.39 is 5.82 Å². The number of anilines is 1. The Hall–Kier alpha value is -1.62. The molecule has 2 aliphatic rings. The van der Waals surface area contributed by atoms with Crippen LogP contribution in [0.1, 0.15) is 29.6 Å². The lowest BCUT2D eigenvalue weighted by Crippen LogP contribution is -2.37. The Morgan fingerprint density at radius 3 is 2.75 bits per heavy atom. The number of nitrogens with two attached hydrogens (primary N) is 1. The summed E-state index contributed by atoms with van der Waals surface area (Å²) in [6.45, 7) is 3.65. The highest BCUT2D eigenvalue weighted by Crippen LogP contribution is 2.23. The van der Waals surface area contributed by atoms with Gasteiger partial charge in [0, 0.05) is 24.8 Å². The van der Waals surface area contributed by atoms with Gasteiger partial charge in [-0.3, -0.25) is 9.69 Å². The number of amides is 1. The van der Waals surface area contributed by atoms with Crippen LogP contribution < -0.4 is 5.73 Å². The van der Waals surface area contributed by atoms with E-state index in [0.717, 1.165) is 19.5 Å². The van der Waals surface area contributed by atoms with Gasteiger partial charge >= 0.3 is 0 Å². The molecule has 2 aliphatic heterocycles. The maximum atomic E-state index is 13.8. The van der Waals surface area contributed by atoms with Crippen molar-refractivity contribution in [3.63, 3.8) is 0 Å². The van der Waals surface area contributed by atoms with E-state index in [1.165, 1.54) is 31.0 Å². The Kier molecular flexibility index (Phi) is 3.61. The Balaban J connectivity index is 1.70. The molecule has 1 aromatic carbocycles. The fourth-order valence-electron chi connectivity index (χ4n) is 3.21. The molecule has 2 saturated heterocycles. The molecule has 5 heteroatoms. The molecule has 2 heterocycles. The van der Waals surface area contributed by atoms with Crippen LogP contribution in [0.3, 0.4) is 0 Å². The van der Waals surface area contributed by atoms with E-state index in [0.29, 0.717) is 24.8 Å². The molecular formula is C15H20FN3O. The number of hydrogen-bond acceptors (Lipinski definition) is 3. The zero-order chi connectivity index (χ0) is 14.1. The molecule has 3 rings (SSSR count). The highest BCUT2D eigenvalue weighted by molar-refractivity contribution is 5.95. The number of rotatable bonds is 2. The minimum Gasteiger partial charge on any atom is -0.399 e. The summed E-state index contributed by atoms with van der Waals surface area (Å²) in [5.74, 6) is -0.731. The highest BCUT2D eigenvalue weighted by atomic mass is 19.1. The third-order valence-electron chi connectivity index (χ3n) is 4.33. The zero-order valence-corrected chi connectivity index (χ0v) is 11.5. The van der Waals surface area contributed by atoms with Crippen molar-refractivity contribution in [3.05, 3.63) is 29.6 Å². The van der Waals surface area contributed by atoms with Crippen molar-refractivity contribution in [1.82, 2.24) is 9.80 Å². The SMILES string of the molecule is Nc1ccc(F)c(C(=O)N2CCC(N3CCCC3)C2)c1. The summed E-state index contributed by atoms with van der Waals surface area (Å²) in [6, 6.07) is 4.60. The fourth-order valence-corrected chi connectivity index (χ4v) is 3.21. The first kappa shape index (κ1) is 13.4. The molecule has 108 valence electrons. The second kappa shape index (κ2) is 5.40. The van der Waals surface area contributed by atoms with Crippen LogP contribution in [0, 0.1) is 5.82 Å².